The quantitative estimate of drug-likeness (QED) is 0.880. The normalized spacial score (nSPS) is 17.8. The standard InChI is InChI=1S/C15H16N6O/c16-9-11-3-1-5-17-13(11)20-12-4-2-8-21(10-12)14-15(22)19-7-6-18-14/h1,3,5-7,12H,2,4,8,10H2,(H,17,20)(H,19,22)/t12-/m1/s1. The molecule has 0 unspecified atom stereocenters. The molecule has 1 fully saturated rings. The molecule has 0 radical (unpaired) electrons. The Morgan fingerprint density at radius 2 is 2.32 bits per heavy atom. The number of anilines is 2. The van der Waals surface area contributed by atoms with Gasteiger partial charge in [0, 0.05) is 37.7 Å². The fourth-order valence-electron chi connectivity index (χ4n) is 2.66. The van der Waals surface area contributed by atoms with Crippen LogP contribution in [0.2, 0.25) is 0 Å². The molecule has 7 nitrogen and oxygen atoms in total. The van der Waals surface area contributed by atoms with Gasteiger partial charge in [-0.3, -0.25) is 4.79 Å². The summed E-state index contributed by atoms with van der Waals surface area (Å²) in [5.74, 6) is 1.03. The summed E-state index contributed by atoms with van der Waals surface area (Å²) in [6.45, 7) is 1.45. The molecule has 112 valence electrons. The highest BCUT2D eigenvalue weighted by atomic mass is 16.1. The summed E-state index contributed by atoms with van der Waals surface area (Å²) in [5, 5.41) is 12.4. The highest BCUT2D eigenvalue weighted by Gasteiger charge is 2.23. The molecule has 0 aliphatic carbocycles. The summed E-state index contributed by atoms with van der Waals surface area (Å²) in [5.41, 5.74) is 0.342. The molecule has 2 aromatic heterocycles. The van der Waals surface area contributed by atoms with E-state index in [-0.39, 0.29) is 11.6 Å². The second-order valence-electron chi connectivity index (χ2n) is 5.18. The van der Waals surface area contributed by atoms with Gasteiger partial charge in [0.25, 0.3) is 5.56 Å². The van der Waals surface area contributed by atoms with Gasteiger partial charge in [-0.15, -0.1) is 0 Å². The van der Waals surface area contributed by atoms with Crippen molar-refractivity contribution in [3.63, 3.8) is 0 Å². The van der Waals surface area contributed by atoms with Gasteiger partial charge in [0.1, 0.15) is 11.9 Å². The number of nitriles is 1. The van der Waals surface area contributed by atoms with Crippen molar-refractivity contribution in [1.82, 2.24) is 15.0 Å². The van der Waals surface area contributed by atoms with E-state index in [1.807, 2.05) is 4.90 Å². The summed E-state index contributed by atoms with van der Waals surface area (Å²) in [6.07, 6.45) is 6.68. The molecular weight excluding hydrogens is 280 g/mol. The van der Waals surface area contributed by atoms with Crippen LogP contribution in [0.5, 0.6) is 0 Å². The minimum atomic E-state index is -0.182. The zero-order valence-electron chi connectivity index (χ0n) is 12.0. The van der Waals surface area contributed by atoms with Gasteiger partial charge in [0.2, 0.25) is 0 Å². The number of rotatable bonds is 3. The Hall–Kier alpha value is -2.88. The van der Waals surface area contributed by atoms with Gasteiger partial charge in [0.15, 0.2) is 5.82 Å². The van der Waals surface area contributed by atoms with Gasteiger partial charge in [-0.25, -0.2) is 9.97 Å². The van der Waals surface area contributed by atoms with Crippen molar-refractivity contribution in [2.45, 2.75) is 18.9 Å². The van der Waals surface area contributed by atoms with Crippen LogP contribution in [-0.4, -0.2) is 34.1 Å². The number of hydrogen-bond acceptors (Lipinski definition) is 6. The van der Waals surface area contributed by atoms with Crippen molar-refractivity contribution < 1.29 is 0 Å². The number of nitrogens with one attached hydrogen (secondary N) is 2. The first-order valence-corrected chi connectivity index (χ1v) is 7.18. The Labute approximate surface area is 127 Å². The molecule has 3 rings (SSSR count). The molecule has 1 aliphatic rings. The highest BCUT2D eigenvalue weighted by Crippen LogP contribution is 2.19. The predicted octanol–water partition coefficient (Wildman–Crippen LogP) is 1.12. The second-order valence-corrected chi connectivity index (χ2v) is 5.18. The van der Waals surface area contributed by atoms with E-state index in [1.54, 1.807) is 24.5 Å². The third-order valence-corrected chi connectivity index (χ3v) is 3.68. The van der Waals surface area contributed by atoms with Crippen molar-refractivity contribution in [2.24, 2.45) is 0 Å². The maximum atomic E-state index is 11.8. The van der Waals surface area contributed by atoms with Crippen molar-refractivity contribution in [1.29, 1.82) is 5.26 Å². The molecule has 0 aromatic carbocycles. The van der Waals surface area contributed by atoms with Crippen LogP contribution in [0.1, 0.15) is 18.4 Å². The van der Waals surface area contributed by atoms with Crippen LogP contribution in [0.15, 0.2) is 35.5 Å². The van der Waals surface area contributed by atoms with E-state index in [0.29, 0.717) is 23.7 Å². The topological polar surface area (TPSA) is 97.7 Å². The highest BCUT2D eigenvalue weighted by molar-refractivity contribution is 5.52. The minimum Gasteiger partial charge on any atom is -0.364 e. The van der Waals surface area contributed by atoms with Gasteiger partial charge in [-0.2, -0.15) is 5.26 Å². The van der Waals surface area contributed by atoms with E-state index < -0.39 is 0 Å². The molecule has 0 saturated carbocycles. The summed E-state index contributed by atoms with van der Waals surface area (Å²) in [7, 11) is 0. The fourth-order valence-corrected chi connectivity index (χ4v) is 2.66. The van der Waals surface area contributed by atoms with E-state index >= 15 is 0 Å². The average Bonchev–Trinajstić information content (AvgIpc) is 2.56. The third kappa shape index (κ3) is 2.91. The third-order valence-electron chi connectivity index (χ3n) is 3.68. The number of aromatic nitrogens is 3. The Balaban J connectivity index is 1.75. The molecule has 7 heteroatoms. The van der Waals surface area contributed by atoms with Gasteiger partial charge in [-0.05, 0) is 25.0 Å². The van der Waals surface area contributed by atoms with Crippen molar-refractivity contribution in [2.75, 3.05) is 23.3 Å². The number of hydrogen-bond donors (Lipinski definition) is 2. The lowest BCUT2D eigenvalue weighted by Crippen LogP contribution is -2.44. The van der Waals surface area contributed by atoms with Crippen molar-refractivity contribution in [3.05, 3.63) is 46.6 Å². The Kier molecular flexibility index (Phi) is 4.01. The van der Waals surface area contributed by atoms with Gasteiger partial charge < -0.3 is 15.2 Å². The van der Waals surface area contributed by atoms with Crippen molar-refractivity contribution in [3.8, 4) is 6.07 Å². The Morgan fingerprint density at radius 1 is 1.41 bits per heavy atom. The summed E-state index contributed by atoms with van der Waals surface area (Å²) >= 11 is 0. The molecule has 22 heavy (non-hydrogen) atoms. The molecule has 0 amide bonds. The molecule has 0 spiro atoms. The summed E-state index contributed by atoms with van der Waals surface area (Å²) < 4.78 is 0. The van der Waals surface area contributed by atoms with E-state index in [0.717, 1.165) is 19.4 Å². The van der Waals surface area contributed by atoms with E-state index in [2.05, 4.69) is 26.3 Å². The maximum Gasteiger partial charge on any atom is 0.290 e. The zero-order chi connectivity index (χ0) is 15.4. The van der Waals surface area contributed by atoms with Gasteiger partial charge >= 0.3 is 0 Å². The lowest BCUT2D eigenvalue weighted by Gasteiger charge is -2.33. The van der Waals surface area contributed by atoms with Crippen LogP contribution in [0.3, 0.4) is 0 Å². The smallest absolute Gasteiger partial charge is 0.290 e. The lowest BCUT2D eigenvalue weighted by molar-refractivity contribution is 0.524. The summed E-state index contributed by atoms with van der Waals surface area (Å²) in [4.78, 5) is 24.8. The molecule has 1 atom stereocenters. The van der Waals surface area contributed by atoms with Gasteiger partial charge in [0.05, 0.1) is 5.56 Å². The van der Waals surface area contributed by atoms with E-state index in [1.165, 1.54) is 6.20 Å². The van der Waals surface area contributed by atoms with Crippen LogP contribution in [0.25, 0.3) is 0 Å². The van der Waals surface area contributed by atoms with E-state index in [9.17, 15) is 4.79 Å². The van der Waals surface area contributed by atoms with Crippen molar-refractivity contribution >= 4 is 11.6 Å². The average molecular weight is 296 g/mol. The Morgan fingerprint density at radius 3 is 3.14 bits per heavy atom. The number of pyridine rings is 1. The molecule has 1 aliphatic heterocycles. The zero-order valence-corrected chi connectivity index (χ0v) is 12.0. The number of piperidine rings is 1. The molecule has 2 aromatic rings. The number of H-pyrrole nitrogens is 1. The van der Waals surface area contributed by atoms with Crippen LogP contribution in [-0.2, 0) is 0 Å². The van der Waals surface area contributed by atoms with Crippen LogP contribution >= 0.6 is 0 Å². The number of nitrogens with zero attached hydrogens (tertiary/aromatic N) is 4. The van der Waals surface area contributed by atoms with Crippen LogP contribution in [0.4, 0.5) is 11.6 Å². The Bertz CT molecular complexity index is 750. The SMILES string of the molecule is N#Cc1cccnc1N[C@@H]1CCCN(c2ncc[nH]c2=O)C1. The molecular formula is C15H16N6O. The van der Waals surface area contributed by atoms with Crippen LogP contribution in [0, 0.1) is 11.3 Å². The fraction of sp³-hybridized carbons (Fsp3) is 0.333. The number of aromatic amines is 1. The van der Waals surface area contributed by atoms with Crippen LogP contribution < -0.4 is 15.8 Å². The second kappa shape index (κ2) is 6.26. The first kappa shape index (κ1) is 14.1. The van der Waals surface area contributed by atoms with Gasteiger partial charge in [-0.1, -0.05) is 0 Å². The maximum absolute atomic E-state index is 11.8. The first-order chi connectivity index (χ1) is 10.8. The molecule has 3 heterocycles. The predicted molar refractivity (Wildman–Crippen MR) is 82.7 cm³/mol. The molecule has 2 N–H and O–H groups in total. The summed E-state index contributed by atoms with van der Waals surface area (Å²) in [6, 6.07) is 5.73. The minimum absolute atomic E-state index is 0.122. The largest absolute Gasteiger partial charge is 0.364 e. The first-order valence-electron chi connectivity index (χ1n) is 7.18. The monoisotopic (exact) mass is 296 g/mol. The molecule has 1 saturated heterocycles. The lowest BCUT2D eigenvalue weighted by atomic mass is 10.1. The molecule has 0 bridgehead atoms. The van der Waals surface area contributed by atoms with E-state index in [4.69, 9.17) is 5.26 Å².